The Morgan fingerprint density at radius 3 is 2.50 bits per heavy atom. The summed E-state index contributed by atoms with van der Waals surface area (Å²) in [4.78, 5) is 23.2. The van der Waals surface area contributed by atoms with E-state index in [1.54, 1.807) is 12.1 Å². The van der Waals surface area contributed by atoms with Crippen LogP contribution in [0.4, 0.5) is 11.4 Å². The molecule has 0 atom stereocenters. The van der Waals surface area contributed by atoms with Crippen molar-refractivity contribution >= 4 is 52.2 Å². The van der Waals surface area contributed by atoms with Crippen LogP contribution in [0.2, 0.25) is 10.0 Å². The number of carbonyl (C=O) groups excluding carboxylic acids is 1. The van der Waals surface area contributed by atoms with Crippen LogP contribution in [-0.2, 0) is 4.79 Å². The van der Waals surface area contributed by atoms with Crippen LogP contribution < -0.4 is 5.32 Å². The topological polar surface area (TPSA) is 103 Å². The molecule has 3 aromatic carbocycles. The first-order valence-electron chi connectivity index (χ1n) is 10.9. The lowest BCUT2D eigenvalue weighted by molar-refractivity contribution is -0.384. The van der Waals surface area contributed by atoms with Gasteiger partial charge in [0.1, 0.15) is 0 Å². The van der Waals surface area contributed by atoms with Gasteiger partial charge < -0.3 is 5.32 Å². The summed E-state index contributed by atoms with van der Waals surface area (Å²) in [6.45, 7) is 4.21. The standard InChI is InChI=1S/C25H21Cl2N5O3S/c1-15(2)19-5-3-4-6-22(19)31-24(16-7-9-17(26)10-8-16)29-30-25(31)36-14-23(33)28-21-13-18(32(34)35)11-12-20(21)27/h3-13,15H,14H2,1-2H3,(H,28,33). The molecule has 0 aliphatic heterocycles. The van der Waals surface area contributed by atoms with Gasteiger partial charge in [-0.15, -0.1) is 10.2 Å². The summed E-state index contributed by atoms with van der Waals surface area (Å²) in [6.07, 6.45) is 0. The molecular weight excluding hydrogens is 521 g/mol. The Bertz CT molecular complexity index is 1420. The summed E-state index contributed by atoms with van der Waals surface area (Å²) >= 11 is 13.4. The van der Waals surface area contributed by atoms with E-state index in [1.165, 1.54) is 30.0 Å². The van der Waals surface area contributed by atoms with Gasteiger partial charge in [0.15, 0.2) is 11.0 Å². The van der Waals surface area contributed by atoms with Gasteiger partial charge in [0, 0.05) is 22.7 Å². The van der Waals surface area contributed by atoms with E-state index < -0.39 is 4.92 Å². The Hall–Kier alpha value is -3.40. The number of para-hydroxylation sites is 1. The quantitative estimate of drug-likeness (QED) is 0.146. The van der Waals surface area contributed by atoms with Gasteiger partial charge in [0.25, 0.3) is 5.69 Å². The van der Waals surface area contributed by atoms with Crippen LogP contribution in [0.25, 0.3) is 17.1 Å². The van der Waals surface area contributed by atoms with Gasteiger partial charge in [-0.25, -0.2) is 0 Å². The molecule has 0 spiro atoms. The molecule has 1 heterocycles. The molecular formula is C25H21Cl2N5O3S. The number of nitrogens with one attached hydrogen (secondary N) is 1. The number of nitro benzene ring substituents is 1. The first-order valence-corrected chi connectivity index (χ1v) is 12.7. The van der Waals surface area contributed by atoms with Gasteiger partial charge in [0.05, 0.1) is 27.1 Å². The smallest absolute Gasteiger partial charge is 0.271 e. The number of anilines is 1. The lowest BCUT2D eigenvalue weighted by Crippen LogP contribution is -2.15. The second kappa shape index (κ2) is 11.1. The molecule has 36 heavy (non-hydrogen) atoms. The van der Waals surface area contributed by atoms with Crippen LogP contribution in [0.1, 0.15) is 25.3 Å². The van der Waals surface area contributed by atoms with Gasteiger partial charge in [-0.2, -0.15) is 0 Å². The highest BCUT2D eigenvalue weighted by Crippen LogP contribution is 2.33. The Kier molecular flexibility index (Phi) is 7.93. The van der Waals surface area contributed by atoms with Gasteiger partial charge in [0.2, 0.25) is 5.91 Å². The molecule has 1 aromatic heterocycles. The second-order valence-corrected chi connectivity index (χ2v) is 9.91. The van der Waals surface area contributed by atoms with Crippen LogP contribution in [-0.4, -0.2) is 31.3 Å². The summed E-state index contributed by atoms with van der Waals surface area (Å²) in [5.74, 6) is 0.451. The fourth-order valence-electron chi connectivity index (χ4n) is 3.58. The Labute approximate surface area is 221 Å². The van der Waals surface area contributed by atoms with Crippen LogP contribution in [0.15, 0.2) is 71.9 Å². The highest BCUT2D eigenvalue weighted by atomic mass is 35.5. The summed E-state index contributed by atoms with van der Waals surface area (Å²) in [7, 11) is 0. The zero-order valence-electron chi connectivity index (χ0n) is 19.3. The van der Waals surface area contributed by atoms with Crippen molar-refractivity contribution in [3.63, 3.8) is 0 Å². The highest BCUT2D eigenvalue weighted by molar-refractivity contribution is 7.99. The van der Waals surface area contributed by atoms with Crippen LogP contribution in [0, 0.1) is 10.1 Å². The molecule has 1 amide bonds. The Morgan fingerprint density at radius 2 is 1.81 bits per heavy atom. The highest BCUT2D eigenvalue weighted by Gasteiger charge is 2.21. The third kappa shape index (κ3) is 5.70. The lowest BCUT2D eigenvalue weighted by atomic mass is 10.0. The maximum atomic E-state index is 12.7. The number of carbonyl (C=O) groups is 1. The normalized spacial score (nSPS) is 11.0. The fourth-order valence-corrected chi connectivity index (χ4v) is 4.62. The molecule has 8 nitrogen and oxygen atoms in total. The lowest BCUT2D eigenvalue weighted by Gasteiger charge is -2.17. The number of rotatable bonds is 8. The number of thioether (sulfide) groups is 1. The molecule has 11 heteroatoms. The predicted octanol–water partition coefficient (Wildman–Crippen LogP) is 7.00. The van der Waals surface area contributed by atoms with Gasteiger partial charge in [-0.3, -0.25) is 19.5 Å². The second-order valence-electron chi connectivity index (χ2n) is 8.12. The summed E-state index contributed by atoms with van der Waals surface area (Å²) in [6, 6.07) is 19.2. The Balaban J connectivity index is 1.65. The number of non-ortho nitro benzene ring substituents is 1. The molecule has 0 aliphatic rings. The van der Waals surface area contributed by atoms with E-state index in [0.29, 0.717) is 16.0 Å². The number of nitrogens with zero attached hydrogens (tertiary/aromatic N) is 4. The molecule has 184 valence electrons. The number of nitro groups is 1. The third-order valence-corrected chi connectivity index (χ3v) is 6.81. The van der Waals surface area contributed by atoms with E-state index >= 15 is 0 Å². The first-order chi connectivity index (χ1) is 17.2. The minimum atomic E-state index is -0.548. The molecule has 0 radical (unpaired) electrons. The zero-order valence-corrected chi connectivity index (χ0v) is 21.6. The predicted molar refractivity (Wildman–Crippen MR) is 143 cm³/mol. The van der Waals surface area contributed by atoms with E-state index in [-0.39, 0.29) is 34.0 Å². The number of hydrogen-bond donors (Lipinski definition) is 1. The molecule has 0 aliphatic carbocycles. The SMILES string of the molecule is CC(C)c1ccccc1-n1c(SCC(=O)Nc2cc([N+](=O)[O-])ccc2Cl)nnc1-c1ccc(Cl)cc1. The molecule has 0 unspecified atom stereocenters. The van der Waals surface area contributed by atoms with Gasteiger partial charge >= 0.3 is 0 Å². The van der Waals surface area contributed by atoms with Crippen molar-refractivity contribution in [3.8, 4) is 17.1 Å². The van der Waals surface area contributed by atoms with E-state index in [0.717, 1.165) is 16.8 Å². The number of aromatic nitrogens is 3. The van der Waals surface area contributed by atoms with Crippen molar-refractivity contribution in [3.05, 3.63) is 92.5 Å². The van der Waals surface area contributed by atoms with E-state index in [1.807, 2.05) is 34.9 Å². The molecule has 4 aromatic rings. The fraction of sp³-hybridized carbons (Fsp3) is 0.160. The molecule has 1 N–H and O–H groups in total. The summed E-state index contributed by atoms with van der Waals surface area (Å²) in [5.41, 5.74) is 2.84. The van der Waals surface area contributed by atoms with E-state index in [2.05, 4.69) is 35.4 Å². The number of hydrogen-bond acceptors (Lipinski definition) is 6. The van der Waals surface area contributed by atoms with Crippen molar-refractivity contribution < 1.29 is 9.72 Å². The number of halogens is 2. The van der Waals surface area contributed by atoms with Crippen molar-refractivity contribution in [2.24, 2.45) is 0 Å². The monoisotopic (exact) mass is 541 g/mol. The minimum absolute atomic E-state index is 0.0123. The molecule has 0 saturated heterocycles. The van der Waals surface area contributed by atoms with Crippen molar-refractivity contribution in [2.45, 2.75) is 24.9 Å². The van der Waals surface area contributed by atoms with E-state index in [4.69, 9.17) is 23.2 Å². The minimum Gasteiger partial charge on any atom is -0.324 e. The average Bonchev–Trinajstić information content (AvgIpc) is 3.28. The maximum absolute atomic E-state index is 12.7. The number of benzene rings is 3. The van der Waals surface area contributed by atoms with Crippen molar-refractivity contribution in [2.75, 3.05) is 11.1 Å². The summed E-state index contributed by atoms with van der Waals surface area (Å²) < 4.78 is 1.93. The van der Waals surface area contributed by atoms with Crippen molar-refractivity contribution in [1.29, 1.82) is 0 Å². The maximum Gasteiger partial charge on any atom is 0.271 e. The average molecular weight is 542 g/mol. The molecule has 0 fully saturated rings. The molecule has 0 saturated carbocycles. The molecule has 4 rings (SSSR count). The van der Waals surface area contributed by atoms with Crippen LogP contribution in [0.3, 0.4) is 0 Å². The largest absolute Gasteiger partial charge is 0.324 e. The van der Waals surface area contributed by atoms with Crippen LogP contribution >= 0.6 is 35.0 Å². The Morgan fingerprint density at radius 1 is 1.08 bits per heavy atom. The summed E-state index contributed by atoms with van der Waals surface area (Å²) in [5, 5.41) is 23.8. The van der Waals surface area contributed by atoms with Gasteiger partial charge in [-0.05, 0) is 47.9 Å². The third-order valence-electron chi connectivity index (χ3n) is 5.30. The molecule has 0 bridgehead atoms. The first kappa shape index (κ1) is 25.7. The number of amides is 1. The van der Waals surface area contributed by atoms with Gasteiger partial charge in [-0.1, -0.05) is 67.0 Å². The van der Waals surface area contributed by atoms with Crippen LogP contribution in [0.5, 0.6) is 0 Å². The van der Waals surface area contributed by atoms with E-state index in [9.17, 15) is 14.9 Å². The van der Waals surface area contributed by atoms with Crippen molar-refractivity contribution in [1.82, 2.24) is 14.8 Å². The zero-order chi connectivity index (χ0) is 25.8.